The van der Waals surface area contributed by atoms with Crippen molar-refractivity contribution in [3.8, 4) is 0 Å². The maximum atomic E-state index is 12.3. The summed E-state index contributed by atoms with van der Waals surface area (Å²) in [5.41, 5.74) is 0.644. The third kappa shape index (κ3) is 9.12. The van der Waals surface area contributed by atoms with Crippen molar-refractivity contribution in [1.82, 2.24) is 10.6 Å². The minimum atomic E-state index is -3.59. The van der Waals surface area contributed by atoms with Crippen LogP contribution in [0.2, 0.25) is 0 Å². The molecule has 0 aliphatic carbocycles. The Morgan fingerprint density at radius 1 is 0.943 bits per heavy atom. The fourth-order valence-electron chi connectivity index (χ4n) is 2.93. The van der Waals surface area contributed by atoms with Crippen molar-refractivity contribution in [2.45, 2.75) is 38.7 Å². The smallest absolute Gasteiger partial charge is 0.287 e. The van der Waals surface area contributed by atoms with Gasteiger partial charge in [0.05, 0.1) is 12.4 Å². The first-order valence-electron chi connectivity index (χ1n) is 10.9. The molecular weight excluding hydrogens is 474 g/mol. The van der Waals surface area contributed by atoms with Gasteiger partial charge in [-0.05, 0) is 23.3 Å². The van der Waals surface area contributed by atoms with Crippen LogP contribution in [0.3, 0.4) is 0 Å². The van der Waals surface area contributed by atoms with E-state index in [1.807, 2.05) is 0 Å². The summed E-state index contributed by atoms with van der Waals surface area (Å²) < 4.78 is 27.1. The molecule has 0 heterocycles. The Kier molecular flexibility index (Phi) is 9.93. The zero-order chi connectivity index (χ0) is 26.1. The molecule has 2 rings (SSSR count). The molecule has 0 saturated heterocycles. The highest BCUT2D eigenvalue weighted by atomic mass is 32.2. The second kappa shape index (κ2) is 12.4. The lowest BCUT2D eigenvalue weighted by Gasteiger charge is -2.27. The Hall–Kier alpha value is -3.28. The number of ketones is 1. The number of carbonyl (C=O) groups is 3. The molecule has 0 radical (unpaired) electrons. The molecule has 2 amide bonds. The van der Waals surface area contributed by atoms with E-state index >= 15 is 0 Å². The van der Waals surface area contributed by atoms with Crippen molar-refractivity contribution < 1.29 is 33.0 Å². The molecular formula is C24H31N3O7S. The average Bonchev–Trinajstić information content (AvgIpc) is 2.82. The molecule has 0 saturated carbocycles. The predicted octanol–water partition coefficient (Wildman–Crippen LogP) is 0.700. The van der Waals surface area contributed by atoms with E-state index < -0.39 is 45.7 Å². The first kappa shape index (κ1) is 28.0. The molecule has 0 aliphatic rings. The van der Waals surface area contributed by atoms with E-state index in [-0.39, 0.29) is 25.3 Å². The summed E-state index contributed by atoms with van der Waals surface area (Å²) in [6.45, 7) is 2.55. The van der Waals surface area contributed by atoms with Crippen LogP contribution in [-0.2, 0) is 36.7 Å². The highest BCUT2D eigenvalue weighted by Gasteiger charge is 2.32. The van der Waals surface area contributed by atoms with E-state index in [9.17, 15) is 33.0 Å². The first-order chi connectivity index (χ1) is 16.4. The van der Waals surface area contributed by atoms with Crippen LogP contribution in [0.15, 0.2) is 54.6 Å². The van der Waals surface area contributed by atoms with E-state index in [0.29, 0.717) is 16.8 Å². The number of rotatable bonds is 13. The van der Waals surface area contributed by atoms with E-state index in [1.165, 1.54) is 13.8 Å². The number of nitrogens with one attached hydrogen (secondary N) is 3. The quantitative estimate of drug-likeness (QED) is 0.250. The summed E-state index contributed by atoms with van der Waals surface area (Å²) in [6.07, 6.45) is -1.71. The third-order valence-electron chi connectivity index (χ3n) is 5.18. The second-order valence-corrected chi connectivity index (χ2v) is 10.5. The van der Waals surface area contributed by atoms with Gasteiger partial charge in [0.1, 0.15) is 6.10 Å². The summed E-state index contributed by atoms with van der Waals surface area (Å²) >= 11 is 0. The largest absolute Gasteiger partial charge is 0.396 e. The summed E-state index contributed by atoms with van der Waals surface area (Å²) in [6, 6.07) is 15.1. The van der Waals surface area contributed by atoms with Crippen molar-refractivity contribution in [1.29, 1.82) is 0 Å². The number of amides is 2. The van der Waals surface area contributed by atoms with Crippen molar-refractivity contribution >= 4 is 33.3 Å². The molecule has 0 unspecified atom stereocenters. The number of hydrogen-bond donors (Lipinski definition) is 5. The molecule has 5 N–H and O–H groups in total. The van der Waals surface area contributed by atoms with Gasteiger partial charge in [-0.25, -0.2) is 8.42 Å². The third-order valence-corrected chi connectivity index (χ3v) is 6.44. The maximum Gasteiger partial charge on any atom is 0.287 e. The average molecular weight is 506 g/mol. The molecule has 2 aromatic carbocycles. The fraction of sp³-hybridized carbons (Fsp3) is 0.375. The van der Waals surface area contributed by atoms with Gasteiger partial charge >= 0.3 is 0 Å². The van der Waals surface area contributed by atoms with Crippen molar-refractivity contribution in [3.05, 3.63) is 65.7 Å². The van der Waals surface area contributed by atoms with Crippen LogP contribution < -0.4 is 15.4 Å². The number of aliphatic hydroxyl groups excluding tert-OH is 2. The van der Waals surface area contributed by atoms with E-state index in [0.717, 1.165) is 0 Å². The van der Waals surface area contributed by atoms with Crippen LogP contribution in [0.1, 0.15) is 31.4 Å². The Bertz CT molecular complexity index is 1120. The Labute approximate surface area is 204 Å². The van der Waals surface area contributed by atoms with E-state index in [4.69, 9.17) is 0 Å². The highest BCUT2D eigenvalue weighted by Crippen LogP contribution is 2.19. The van der Waals surface area contributed by atoms with Crippen LogP contribution >= 0.6 is 0 Å². The number of Topliss-reactive ketones (excluding diaryl/α,β-unsaturated/α-hetero) is 1. The maximum absolute atomic E-state index is 12.3. The molecule has 0 bridgehead atoms. The lowest BCUT2D eigenvalue weighted by atomic mass is 9.87. The van der Waals surface area contributed by atoms with Gasteiger partial charge in [-0.3, -0.25) is 19.1 Å². The van der Waals surface area contributed by atoms with Gasteiger partial charge in [0.2, 0.25) is 21.7 Å². The Morgan fingerprint density at radius 3 is 2.17 bits per heavy atom. The predicted molar refractivity (Wildman–Crippen MR) is 130 cm³/mol. The van der Waals surface area contributed by atoms with Crippen molar-refractivity contribution in [2.24, 2.45) is 5.41 Å². The second-order valence-electron chi connectivity index (χ2n) is 8.74. The fourth-order valence-corrected chi connectivity index (χ4v) is 4.13. The minimum absolute atomic E-state index is 0.0530. The molecule has 0 aromatic heterocycles. The van der Waals surface area contributed by atoms with Gasteiger partial charge in [0, 0.05) is 30.6 Å². The molecule has 35 heavy (non-hydrogen) atoms. The van der Waals surface area contributed by atoms with Crippen LogP contribution in [0.4, 0.5) is 5.69 Å². The molecule has 10 nitrogen and oxygen atoms in total. The molecule has 2 aromatic rings. The molecule has 0 spiro atoms. The number of anilines is 1. The zero-order valence-corrected chi connectivity index (χ0v) is 20.5. The number of benzene rings is 2. The zero-order valence-electron chi connectivity index (χ0n) is 19.7. The van der Waals surface area contributed by atoms with Crippen LogP contribution in [-0.4, -0.2) is 55.5 Å². The van der Waals surface area contributed by atoms with E-state index in [1.54, 1.807) is 54.6 Å². The molecule has 11 heteroatoms. The summed E-state index contributed by atoms with van der Waals surface area (Å²) in [7, 11) is -3.59. The molecule has 1 atom stereocenters. The SMILES string of the molecule is CC(C)(CO)[C@@H](O)C(=O)NCCC(=O)C(=O)NCc1ccc(NS(=O)(=O)Cc2ccccc2)cc1. The van der Waals surface area contributed by atoms with E-state index in [2.05, 4.69) is 15.4 Å². The minimum Gasteiger partial charge on any atom is -0.396 e. The molecule has 0 fully saturated rings. The normalized spacial score (nSPS) is 12.5. The molecule has 0 aliphatic heterocycles. The number of carbonyl (C=O) groups excluding carboxylic acids is 3. The van der Waals surface area contributed by atoms with Crippen molar-refractivity contribution in [2.75, 3.05) is 17.9 Å². The van der Waals surface area contributed by atoms with Gasteiger partial charge in [-0.2, -0.15) is 0 Å². The highest BCUT2D eigenvalue weighted by molar-refractivity contribution is 7.91. The van der Waals surface area contributed by atoms with Gasteiger partial charge in [-0.1, -0.05) is 56.3 Å². The Balaban J connectivity index is 1.77. The Morgan fingerprint density at radius 2 is 1.57 bits per heavy atom. The molecule has 190 valence electrons. The number of sulfonamides is 1. The van der Waals surface area contributed by atoms with Crippen LogP contribution in [0, 0.1) is 5.41 Å². The lowest BCUT2D eigenvalue weighted by Crippen LogP contribution is -2.46. The van der Waals surface area contributed by atoms with Crippen LogP contribution in [0.5, 0.6) is 0 Å². The first-order valence-corrected chi connectivity index (χ1v) is 12.6. The summed E-state index contributed by atoms with van der Waals surface area (Å²) in [5, 5.41) is 23.9. The van der Waals surface area contributed by atoms with Gasteiger partial charge in [0.15, 0.2) is 0 Å². The van der Waals surface area contributed by atoms with Crippen LogP contribution in [0.25, 0.3) is 0 Å². The lowest BCUT2D eigenvalue weighted by molar-refractivity contribution is -0.139. The standard InChI is InChI=1S/C24H31N3O7S/c1-24(2,16-28)21(30)23(32)25-13-12-20(29)22(31)26-14-17-8-10-19(11-9-17)27-35(33,34)15-18-6-4-3-5-7-18/h3-11,21,27-28,30H,12-16H2,1-2H3,(H,25,32)(H,26,31)/t21-/m0/s1. The number of aliphatic hydroxyl groups is 2. The van der Waals surface area contributed by atoms with Gasteiger partial charge in [-0.15, -0.1) is 0 Å². The number of hydrogen-bond acceptors (Lipinski definition) is 7. The summed E-state index contributed by atoms with van der Waals surface area (Å²) in [4.78, 5) is 35.9. The topological polar surface area (TPSA) is 162 Å². The van der Waals surface area contributed by atoms with Gasteiger partial charge in [0.25, 0.3) is 5.91 Å². The van der Waals surface area contributed by atoms with Gasteiger partial charge < -0.3 is 20.8 Å². The summed E-state index contributed by atoms with van der Waals surface area (Å²) in [5.74, 6) is -2.47. The monoisotopic (exact) mass is 505 g/mol. The van der Waals surface area contributed by atoms with Crippen molar-refractivity contribution in [3.63, 3.8) is 0 Å².